The van der Waals surface area contributed by atoms with Crippen molar-refractivity contribution in [3.63, 3.8) is 0 Å². The molecule has 0 radical (unpaired) electrons. The average molecular weight is 413 g/mol. The quantitative estimate of drug-likeness (QED) is 0.420. The van der Waals surface area contributed by atoms with Crippen LogP contribution in [0.2, 0.25) is 10.0 Å². The summed E-state index contributed by atoms with van der Waals surface area (Å²) >= 11 is 11.6. The maximum absolute atomic E-state index is 11.8. The second kappa shape index (κ2) is 8.92. The predicted molar refractivity (Wildman–Crippen MR) is 97.4 cm³/mol. The number of carbonyl (C=O) groups is 1. The van der Waals surface area contributed by atoms with E-state index in [2.05, 4.69) is 10.5 Å². The Hall–Kier alpha value is -3.24. The number of nitrogens with zero attached hydrogens (tertiary/aromatic N) is 3. The summed E-state index contributed by atoms with van der Waals surface area (Å²) in [6.45, 7) is -0.629. The van der Waals surface area contributed by atoms with Gasteiger partial charge in [0.1, 0.15) is 0 Å². The summed E-state index contributed by atoms with van der Waals surface area (Å²) < 4.78 is 5.08. The molecule has 0 bridgehead atoms. The van der Waals surface area contributed by atoms with Crippen LogP contribution in [0.5, 0.6) is 5.75 Å². The molecule has 0 atom stereocenters. The maximum Gasteiger partial charge on any atom is 0.314 e. The highest BCUT2D eigenvalue weighted by molar-refractivity contribution is 6.36. The fourth-order valence-electron chi connectivity index (χ4n) is 1.93. The molecule has 0 unspecified atom stereocenters. The number of nitrogens with one attached hydrogen (secondary N) is 1. The smallest absolute Gasteiger partial charge is 0.314 e. The molecule has 1 amide bonds. The van der Waals surface area contributed by atoms with Crippen molar-refractivity contribution >= 4 is 46.7 Å². The lowest BCUT2D eigenvalue weighted by molar-refractivity contribution is -0.385. The highest BCUT2D eigenvalue weighted by Crippen LogP contribution is 2.37. The van der Waals surface area contributed by atoms with Crippen molar-refractivity contribution in [2.24, 2.45) is 5.10 Å². The minimum atomic E-state index is -0.759. The van der Waals surface area contributed by atoms with Crippen LogP contribution < -0.4 is 10.2 Å². The summed E-state index contributed by atoms with van der Waals surface area (Å²) in [7, 11) is 0. The van der Waals surface area contributed by atoms with E-state index in [0.717, 1.165) is 12.3 Å². The predicted octanol–water partition coefficient (Wildman–Crippen LogP) is 3.34. The van der Waals surface area contributed by atoms with Gasteiger partial charge in [0.05, 0.1) is 26.6 Å². The molecular formula is C15H10Cl2N4O6. The van der Waals surface area contributed by atoms with E-state index in [9.17, 15) is 25.0 Å². The minimum Gasteiger partial charge on any atom is -0.476 e. The molecule has 2 aromatic carbocycles. The lowest BCUT2D eigenvalue weighted by Gasteiger charge is -2.08. The molecule has 10 nitrogen and oxygen atoms in total. The van der Waals surface area contributed by atoms with Gasteiger partial charge in [-0.1, -0.05) is 35.3 Å². The van der Waals surface area contributed by atoms with E-state index in [1.165, 1.54) is 24.3 Å². The van der Waals surface area contributed by atoms with E-state index in [1.54, 1.807) is 6.07 Å². The van der Waals surface area contributed by atoms with Gasteiger partial charge < -0.3 is 4.74 Å². The molecule has 0 aliphatic rings. The number of nitro groups is 2. The summed E-state index contributed by atoms with van der Waals surface area (Å²) in [5.41, 5.74) is 1.59. The van der Waals surface area contributed by atoms with Crippen molar-refractivity contribution in [3.8, 4) is 5.75 Å². The molecule has 0 fully saturated rings. The third-order valence-electron chi connectivity index (χ3n) is 3.06. The van der Waals surface area contributed by atoms with Crippen molar-refractivity contribution in [1.82, 2.24) is 5.43 Å². The first kappa shape index (κ1) is 20.1. The van der Waals surface area contributed by atoms with Gasteiger partial charge in [0.15, 0.2) is 6.61 Å². The van der Waals surface area contributed by atoms with Gasteiger partial charge in [0, 0.05) is 17.2 Å². The van der Waals surface area contributed by atoms with Crippen LogP contribution in [0.4, 0.5) is 11.4 Å². The Morgan fingerprint density at radius 1 is 1.15 bits per heavy atom. The molecule has 0 saturated carbocycles. The molecule has 2 rings (SSSR count). The fourth-order valence-corrected chi connectivity index (χ4v) is 2.47. The van der Waals surface area contributed by atoms with E-state index in [-0.39, 0.29) is 27.0 Å². The molecule has 27 heavy (non-hydrogen) atoms. The van der Waals surface area contributed by atoms with Crippen molar-refractivity contribution in [2.75, 3.05) is 6.61 Å². The molecule has 0 saturated heterocycles. The summed E-state index contributed by atoms with van der Waals surface area (Å²) in [5, 5.41) is 25.4. The second-order valence-corrected chi connectivity index (χ2v) is 5.73. The number of halogens is 2. The first-order valence-corrected chi connectivity index (χ1v) is 7.86. The number of ether oxygens (including phenoxy) is 1. The first-order valence-electron chi connectivity index (χ1n) is 7.11. The highest BCUT2D eigenvalue weighted by atomic mass is 35.5. The average Bonchev–Trinajstić information content (AvgIpc) is 2.60. The van der Waals surface area contributed by atoms with Crippen LogP contribution >= 0.6 is 23.2 Å². The molecule has 0 aliphatic carbocycles. The summed E-state index contributed by atoms with van der Waals surface area (Å²) in [6, 6.07) is 8.06. The number of carbonyl (C=O) groups excluding carboxylic acids is 1. The zero-order chi connectivity index (χ0) is 20.0. The normalized spacial score (nSPS) is 10.6. The van der Waals surface area contributed by atoms with Crippen LogP contribution in [0.15, 0.2) is 41.5 Å². The largest absolute Gasteiger partial charge is 0.476 e. The summed E-state index contributed by atoms with van der Waals surface area (Å²) in [5.74, 6) is -1.07. The van der Waals surface area contributed by atoms with Gasteiger partial charge in [0.2, 0.25) is 5.75 Å². The molecule has 1 N–H and O–H groups in total. The molecule has 0 spiro atoms. The lowest BCUT2D eigenvalue weighted by Crippen LogP contribution is -2.25. The van der Waals surface area contributed by atoms with Crippen LogP contribution in [0.25, 0.3) is 0 Å². The fraction of sp³-hybridized carbons (Fsp3) is 0.0667. The highest BCUT2D eigenvalue weighted by Gasteiger charge is 2.21. The first-order chi connectivity index (χ1) is 12.8. The van der Waals surface area contributed by atoms with Crippen LogP contribution in [-0.2, 0) is 4.79 Å². The minimum absolute atomic E-state index is 0.0394. The third-order valence-corrected chi connectivity index (χ3v) is 3.56. The van der Waals surface area contributed by atoms with Crippen LogP contribution in [0.1, 0.15) is 5.56 Å². The van der Waals surface area contributed by atoms with E-state index < -0.39 is 28.0 Å². The SMILES string of the molecule is O=C(COc1c(Cl)cc(Cl)cc1[N+](=O)[O-])N/N=C/c1ccccc1[N+](=O)[O-]. The Bertz CT molecular complexity index is 935. The standard InChI is InChI=1S/C15H10Cl2N4O6/c16-10-5-11(17)15(13(6-10)21(25)26)27-8-14(22)19-18-7-9-3-1-2-4-12(9)20(23)24/h1-7H,8H2,(H,19,22)/b18-7+. The molecule has 140 valence electrons. The number of rotatable bonds is 7. The zero-order valence-electron chi connectivity index (χ0n) is 13.3. The maximum atomic E-state index is 11.8. The van der Waals surface area contributed by atoms with Crippen LogP contribution in [0.3, 0.4) is 0 Å². The number of hydrogen-bond acceptors (Lipinski definition) is 7. The Balaban J connectivity index is 2.02. The number of hydrazone groups is 1. The Labute approximate surface area is 161 Å². The molecule has 0 aliphatic heterocycles. The van der Waals surface area contributed by atoms with Gasteiger partial charge in [-0.3, -0.25) is 25.0 Å². The van der Waals surface area contributed by atoms with Gasteiger partial charge >= 0.3 is 5.69 Å². The zero-order valence-corrected chi connectivity index (χ0v) is 14.8. The van der Waals surface area contributed by atoms with Gasteiger partial charge in [-0.15, -0.1) is 0 Å². The van der Waals surface area contributed by atoms with E-state index in [1.807, 2.05) is 0 Å². The van der Waals surface area contributed by atoms with Gasteiger partial charge in [0.25, 0.3) is 11.6 Å². The Kier molecular flexibility index (Phi) is 6.63. The summed E-state index contributed by atoms with van der Waals surface area (Å²) in [6.07, 6.45) is 1.09. The van der Waals surface area contributed by atoms with Gasteiger partial charge in [-0.25, -0.2) is 5.43 Å². The van der Waals surface area contributed by atoms with E-state index in [0.29, 0.717) is 0 Å². The monoisotopic (exact) mass is 412 g/mol. The lowest BCUT2D eigenvalue weighted by atomic mass is 10.2. The molecule has 0 aromatic heterocycles. The number of para-hydroxylation sites is 1. The van der Waals surface area contributed by atoms with Crippen molar-refractivity contribution in [1.29, 1.82) is 0 Å². The number of benzene rings is 2. The van der Waals surface area contributed by atoms with Crippen molar-refractivity contribution in [2.45, 2.75) is 0 Å². The van der Waals surface area contributed by atoms with Crippen LogP contribution in [-0.4, -0.2) is 28.6 Å². The third kappa shape index (κ3) is 5.36. The summed E-state index contributed by atoms with van der Waals surface area (Å²) in [4.78, 5) is 32.3. The second-order valence-electron chi connectivity index (χ2n) is 4.89. The Morgan fingerprint density at radius 2 is 1.81 bits per heavy atom. The van der Waals surface area contributed by atoms with Crippen LogP contribution in [0, 0.1) is 20.2 Å². The molecule has 12 heteroatoms. The molecular weight excluding hydrogens is 403 g/mol. The van der Waals surface area contributed by atoms with Gasteiger partial charge in [-0.05, 0) is 12.1 Å². The number of nitro benzene ring substituents is 2. The number of amides is 1. The van der Waals surface area contributed by atoms with E-state index in [4.69, 9.17) is 27.9 Å². The number of hydrogen-bond donors (Lipinski definition) is 1. The topological polar surface area (TPSA) is 137 Å². The molecule has 0 heterocycles. The van der Waals surface area contributed by atoms with Gasteiger partial charge in [-0.2, -0.15) is 5.10 Å². The van der Waals surface area contributed by atoms with E-state index >= 15 is 0 Å². The van der Waals surface area contributed by atoms with Crippen molar-refractivity contribution < 1.29 is 19.4 Å². The van der Waals surface area contributed by atoms with Crippen molar-refractivity contribution in [3.05, 3.63) is 72.2 Å². The Morgan fingerprint density at radius 3 is 2.48 bits per heavy atom. The molecule has 2 aromatic rings.